The van der Waals surface area contributed by atoms with Gasteiger partial charge < -0.3 is 14.8 Å². The Morgan fingerprint density at radius 3 is 2.32 bits per heavy atom. The van der Waals surface area contributed by atoms with E-state index < -0.39 is 0 Å². The molecule has 0 bridgehead atoms. The van der Waals surface area contributed by atoms with Gasteiger partial charge in [0.1, 0.15) is 12.7 Å². The van der Waals surface area contributed by atoms with E-state index in [4.69, 9.17) is 9.47 Å². The van der Waals surface area contributed by atoms with Crippen molar-refractivity contribution >= 4 is 5.97 Å². The summed E-state index contributed by atoms with van der Waals surface area (Å²) < 4.78 is 11.2. The maximum absolute atomic E-state index is 11.8. The van der Waals surface area contributed by atoms with Crippen molar-refractivity contribution in [1.29, 1.82) is 0 Å². The van der Waals surface area contributed by atoms with Gasteiger partial charge in [-0.15, -0.1) is 0 Å². The van der Waals surface area contributed by atoms with Gasteiger partial charge in [-0.05, 0) is 57.0 Å². The normalized spacial score (nSPS) is 33.1. The third kappa shape index (κ3) is 5.11. The number of esters is 1. The van der Waals surface area contributed by atoms with Crippen molar-refractivity contribution in [2.45, 2.75) is 58.2 Å². The average Bonchev–Trinajstić information content (AvgIpc) is 2.36. The van der Waals surface area contributed by atoms with E-state index in [2.05, 4.69) is 19.2 Å². The molecule has 2 unspecified atom stereocenters. The van der Waals surface area contributed by atoms with Crippen molar-refractivity contribution in [3.63, 3.8) is 0 Å². The predicted molar refractivity (Wildman–Crippen MR) is 73.9 cm³/mol. The molecule has 0 spiro atoms. The molecule has 0 amide bonds. The quantitative estimate of drug-likeness (QED) is 0.794. The van der Waals surface area contributed by atoms with E-state index >= 15 is 0 Å². The Labute approximate surface area is 116 Å². The average molecular weight is 269 g/mol. The monoisotopic (exact) mass is 269 g/mol. The summed E-state index contributed by atoms with van der Waals surface area (Å²) in [6.45, 7) is 6.56. The Morgan fingerprint density at radius 2 is 1.68 bits per heavy atom. The summed E-state index contributed by atoms with van der Waals surface area (Å²) >= 11 is 0. The van der Waals surface area contributed by atoms with E-state index in [1.54, 1.807) is 0 Å². The second-order valence-electron chi connectivity index (χ2n) is 6.29. The number of rotatable bonds is 4. The van der Waals surface area contributed by atoms with Crippen LogP contribution in [0.15, 0.2) is 0 Å². The molecule has 2 fully saturated rings. The molecule has 0 aromatic rings. The lowest BCUT2D eigenvalue weighted by molar-refractivity contribution is -0.159. The first kappa shape index (κ1) is 14.8. The fourth-order valence-corrected chi connectivity index (χ4v) is 3.34. The van der Waals surface area contributed by atoms with Crippen LogP contribution in [0.4, 0.5) is 0 Å². The smallest absolute Gasteiger partial charge is 0.332 e. The second kappa shape index (κ2) is 7.25. The Kier molecular flexibility index (Phi) is 5.64. The van der Waals surface area contributed by atoms with E-state index in [0.717, 1.165) is 38.8 Å². The van der Waals surface area contributed by atoms with Crippen LogP contribution in [0.5, 0.6) is 0 Å². The molecule has 19 heavy (non-hydrogen) atoms. The van der Waals surface area contributed by atoms with Crippen LogP contribution in [0.1, 0.15) is 46.0 Å². The van der Waals surface area contributed by atoms with Gasteiger partial charge in [-0.3, -0.25) is 0 Å². The molecule has 0 radical (unpaired) electrons. The molecule has 1 heterocycles. The van der Waals surface area contributed by atoms with Crippen molar-refractivity contribution < 1.29 is 14.3 Å². The molecular formula is C15H27NO3. The maximum Gasteiger partial charge on any atom is 0.332 e. The number of carbonyl (C=O) groups excluding carboxylic acids is 1. The fraction of sp³-hybridized carbons (Fsp3) is 0.933. The van der Waals surface area contributed by atoms with Gasteiger partial charge in [0.05, 0.1) is 6.10 Å². The Hall–Kier alpha value is -0.610. The van der Waals surface area contributed by atoms with Crippen molar-refractivity contribution in [3.05, 3.63) is 0 Å². The molecule has 1 N–H and O–H groups in total. The molecule has 110 valence electrons. The zero-order valence-electron chi connectivity index (χ0n) is 12.2. The highest BCUT2D eigenvalue weighted by Crippen LogP contribution is 2.30. The van der Waals surface area contributed by atoms with Gasteiger partial charge in [-0.2, -0.15) is 0 Å². The topological polar surface area (TPSA) is 47.6 Å². The van der Waals surface area contributed by atoms with Gasteiger partial charge in [-0.25, -0.2) is 4.79 Å². The highest BCUT2D eigenvalue weighted by molar-refractivity contribution is 5.70. The Balaban J connectivity index is 1.65. The third-order valence-electron chi connectivity index (χ3n) is 4.16. The van der Waals surface area contributed by atoms with Crippen molar-refractivity contribution in [2.24, 2.45) is 11.8 Å². The predicted octanol–water partition coefficient (Wildman–Crippen LogP) is 2.12. The summed E-state index contributed by atoms with van der Waals surface area (Å²) in [6.07, 6.45) is 5.56. The number of piperidine rings is 1. The van der Waals surface area contributed by atoms with Crippen LogP contribution in [0.2, 0.25) is 0 Å². The summed E-state index contributed by atoms with van der Waals surface area (Å²) in [4.78, 5) is 11.8. The summed E-state index contributed by atoms with van der Waals surface area (Å²) in [5, 5.41) is 3.28. The molecule has 0 aromatic heterocycles. The molecule has 0 aromatic carbocycles. The molecule has 1 aliphatic carbocycles. The molecule has 2 rings (SSSR count). The van der Waals surface area contributed by atoms with Crippen LogP contribution in [-0.2, 0) is 14.3 Å². The lowest BCUT2D eigenvalue weighted by Gasteiger charge is -2.31. The van der Waals surface area contributed by atoms with Crippen molar-refractivity contribution in [3.8, 4) is 0 Å². The van der Waals surface area contributed by atoms with Crippen LogP contribution in [-0.4, -0.2) is 37.9 Å². The van der Waals surface area contributed by atoms with Gasteiger partial charge in [0, 0.05) is 0 Å². The molecule has 4 nitrogen and oxygen atoms in total. The first-order valence-corrected chi connectivity index (χ1v) is 7.65. The lowest BCUT2D eigenvalue weighted by Crippen LogP contribution is -2.35. The van der Waals surface area contributed by atoms with E-state index in [0.29, 0.717) is 11.8 Å². The number of ether oxygens (including phenoxy) is 2. The van der Waals surface area contributed by atoms with E-state index in [1.807, 2.05) is 0 Å². The van der Waals surface area contributed by atoms with Gasteiger partial charge in [-0.1, -0.05) is 13.8 Å². The number of carbonyl (C=O) groups is 1. The third-order valence-corrected chi connectivity index (χ3v) is 4.16. The van der Waals surface area contributed by atoms with E-state index in [-0.39, 0.29) is 24.8 Å². The minimum atomic E-state index is -0.190. The zero-order chi connectivity index (χ0) is 13.7. The Morgan fingerprint density at radius 1 is 1.05 bits per heavy atom. The standard InChI is InChI=1S/C15H27NO3/c1-11-7-12(2)9-14(8-11)19-15(17)10-18-13-3-5-16-6-4-13/h11-14,16H,3-10H2,1-2H3. The van der Waals surface area contributed by atoms with E-state index in [1.165, 1.54) is 6.42 Å². The van der Waals surface area contributed by atoms with Crippen LogP contribution in [0.3, 0.4) is 0 Å². The highest BCUT2D eigenvalue weighted by Gasteiger charge is 2.27. The minimum absolute atomic E-state index is 0.0999. The van der Waals surface area contributed by atoms with Gasteiger partial charge in [0.25, 0.3) is 0 Å². The molecular weight excluding hydrogens is 242 g/mol. The van der Waals surface area contributed by atoms with Gasteiger partial charge in [0.2, 0.25) is 0 Å². The number of hydrogen-bond donors (Lipinski definition) is 1. The number of hydrogen-bond acceptors (Lipinski definition) is 4. The number of nitrogens with one attached hydrogen (secondary N) is 1. The lowest BCUT2D eigenvalue weighted by atomic mass is 9.82. The van der Waals surface area contributed by atoms with Crippen molar-refractivity contribution in [2.75, 3.05) is 19.7 Å². The first-order valence-electron chi connectivity index (χ1n) is 7.65. The van der Waals surface area contributed by atoms with Gasteiger partial charge >= 0.3 is 5.97 Å². The molecule has 1 saturated carbocycles. The summed E-state index contributed by atoms with van der Waals surface area (Å²) in [7, 11) is 0. The molecule has 2 atom stereocenters. The Bertz CT molecular complexity index is 279. The fourth-order valence-electron chi connectivity index (χ4n) is 3.34. The maximum atomic E-state index is 11.8. The van der Waals surface area contributed by atoms with Gasteiger partial charge in [0.15, 0.2) is 0 Å². The van der Waals surface area contributed by atoms with E-state index in [9.17, 15) is 4.79 Å². The summed E-state index contributed by atoms with van der Waals surface area (Å²) in [5.41, 5.74) is 0. The molecule has 1 aliphatic heterocycles. The van der Waals surface area contributed by atoms with Crippen LogP contribution >= 0.6 is 0 Å². The second-order valence-corrected chi connectivity index (χ2v) is 6.29. The van der Waals surface area contributed by atoms with Crippen LogP contribution < -0.4 is 5.32 Å². The minimum Gasteiger partial charge on any atom is -0.461 e. The summed E-state index contributed by atoms with van der Waals surface area (Å²) in [6, 6.07) is 0. The van der Waals surface area contributed by atoms with Crippen LogP contribution in [0, 0.1) is 11.8 Å². The van der Waals surface area contributed by atoms with Crippen molar-refractivity contribution in [1.82, 2.24) is 5.32 Å². The van der Waals surface area contributed by atoms with Crippen LogP contribution in [0.25, 0.3) is 0 Å². The SMILES string of the molecule is CC1CC(C)CC(OC(=O)COC2CCNCC2)C1. The summed E-state index contributed by atoms with van der Waals surface area (Å²) in [5.74, 6) is 1.13. The largest absolute Gasteiger partial charge is 0.461 e. The molecule has 1 saturated heterocycles. The highest BCUT2D eigenvalue weighted by atomic mass is 16.6. The molecule has 4 heteroatoms. The first-order chi connectivity index (χ1) is 9.13. The molecule has 2 aliphatic rings. The zero-order valence-corrected chi connectivity index (χ0v) is 12.2.